The molecular weight excluding hydrogens is 292 g/mol. The summed E-state index contributed by atoms with van der Waals surface area (Å²) in [5.74, 6) is 0.216. The molecule has 3 rings (SSSR count). The summed E-state index contributed by atoms with van der Waals surface area (Å²) in [5, 5.41) is 6.51. The number of carbonyl (C=O) groups excluding carboxylic acids is 1. The number of ether oxygens (including phenoxy) is 1. The molecule has 3 aromatic rings. The first-order valence-corrected chi connectivity index (χ1v) is 7.03. The lowest BCUT2D eigenvalue weighted by molar-refractivity contribution is 0.103. The first-order valence-electron chi connectivity index (χ1n) is 7.03. The van der Waals surface area contributed by atoms with Crippen LogP contribution in [0.15, 0.2) is 65.6 Å². The van der Waals surface area contributed by atoms with E-state index in [1.165, 1.54) is 6.20 Å². The van der Waals surface area contributed by atoms with E-state index in [0.29, 0.717) is 16.9 Å². The molecule has 23 heavy (non-hydrogen) atoms. The van der Waals surface area contributed by atoms with Crippen molar-refractivity contribution < 1.29 is 9.53 Å². The van der Waals surface area contributed by atoms with E-state index in [-0.39, 0.29) is 5.69 Å². The molecule has 0 amide bonds. The number of aromatic nitrogens is 2. The van der Waals surface area contributed by atoms with Crippen molar-refractivity contribution in [2.75, 3.05) is 7.11 Å². The topological polar surface area (TPSA) is 72.0 Å². The summed E-state index contributed by atoms with van der Waals surface area (Å²) in [4.78, 5) is 25.1. The van der Waals surface area contributed by atoms with Gasteiger partial charge < -0.3 is 4.74 Å². The quantitative estimate of drug-likeness (QED) is 0.752. The number of H-pyrrole nitrogens is 1. The van der Waals surface area contributed by atoms with Crippen LogP contribution in [-0.4, -0.2) is 23.1 Å². The van der Waals surface area contributed by atoms with Crippen LogP contribution in [0, 0.1) is 0 Å². The number of methoxy groups -OCH3 is 1. The van der Waals surface area contributed by atoms with Gasteiger partial charge in [-0.15, -0.1) is 0 Å². The summed E-state index contributed by atoms with van der Waals surface area (Å²) in [5.41, 5.74) is 1.01. The Labute approximate surface area is 132 Å². The summed E-state index contributed by atoms with van der Waals surface area (Å²) in [6, 6.07) is 15.7. The zero-order valence-electron chi connectivity index (χ0n) is 12.4. The van der Waals surface area contributed by atoms with Crippen LogP contribution < -0.4 is 10.2 Å². The van der Waals surface area contributed by atoms with E-state index in [4.69, 9.17) is 4.74 Å². The molecule has 0 unspecified atom stereocenters. The van der Waals surface area contributed by atoms with Gasteiger partial charge in [0.25, 0.3) is 0 Å². The van der Waals surface area contributed by atoms with Crippen molar-refractivity contribution in [1.29, 1.82) is 0 Å². The highest BCUT2D eigenvalue weighted by molar-refractivity contribution is 6.08. The standard InChI is InChI=1S/C18H14N2O3/c1-23-14-9-7-13(8-10-14)17(21)16-18(22)15(11-19-20-16)12-5-3-2-4-6-12/h2-11H,1H3,(H,19,22). The maximum absolute atomic E-state index is 12.6. The molecule has 114 valence electrons. The van der Waals surface area contributed by atoms with Crippen LogP contribution in [0.1, 0.15) is 16.1 Å². The molecule has 5 nitrogen and oxygen atoms in total. The smallest absolute Gasteiger partial charge is 0.219 e. The summed E-state index contributed by atoms with van der Waals surface area (Å²) in [6.45, 7) is 0. The Hall–Kier alpha value is -3.21. The molecule has 1 N–H and O–H groups in total. The van der Waals surface area contributed by atoms with E-state index < -0.39 is 11.2 Å². The van der Waals surface area contributed by atoms with Crippen LogP contribution in [0.2, 0.25) is 0 Å². The van der Waals surface area contributed by atoms with E-state index in [9.17, 15) is 9.59 Å². The van der Waals surface area contributed by atoms with E-state index in [1.807, 2.05) is 30.3 Å². The lowest BCUT2D eigenvalue weighted by Gasteiger charge is -2.04. The average Bonchev–Trinajstić information content (AvgIpc) is 2.62. The fraction of sp³-hybridized carbons (Fsp3) is 0.0556. The molecule has 0 radical (unpaired) electrons. The van der Waals surface area contributed by atoms with Gasteiger partial charge in [-0.05, 0) is 29.8 Å². The fourth-order valence-corrected chi connectivity index (χ4v) is 2.27. The van der Waals surface area contributed by atoms with Crippen molar-refractivity contribution in [3.8, 4) is 16.9 Å². The van der Waals surface area contributed by atoms with Crippen LogP contribution in [-0.2, 0) is 0 Å². The number of nitrogens with zero attached hydrogens (tertiary/aromatic N) is 1. The minimum absolute atomic E-state index is 0.128. The molecule has 0 spiro atoms. The van der Waals surface area contributed by atoms with Crippen LogP contribution in [0.4, 0.5) is 0 Å². The van der Waals surface area contributed by atoms with Crippen molar-refractivity contribution in [1.82, 2.24) is 10.2 Å². The first-order chi connectivity index (χ1) is 11.2. The van der Waals surface area contributed by atoms with E-state index >= 15 is 0 Å². The Morgan fingerprint density at radius 2 is 1.74 bits per heavy atom. The van der Waals surface area contributed by atoms with Crippen molar-refractivity contribution in [2.45, 2.75) is 0 Å². The van der Waals surface area contributed by atoms with Gasteiger partial charge in [0.05, 0.1) is 7.11 Å². The first kappa shape index (κ1) is 14.7. The number of aromatic amines is 1. The summed E-state index contributed by atoms with van der Waals surface area (Å²) in [7, 11) is 1.55. The van der Waals surface area contributed by atoms with Gasteiger partial charge in [0.15, 0.2) is 5.69 Å². The number of benzene rings is 2. The monoisotopic (exact) mass is 306 g/mol. The zero-order valence-corrected chi connectivity index (χ0v) is 12.4. The van der Waals surface area contributed by atoms with Gasteiger partial charge in [-0.3, -0.25) is 14.7 Å². The summed E-state index contributed by atoms with van der Waals surface area (Å²) in [6.07, 6.45) is 1.50. The molecule has 0 aliphatic carbocycles. The Balaban J connectivity index is 2.03. The van der Waals surface area contributed by atoms with Gasteiger partial charge in [0.1, 0.15) is 5.75 Å². The van der Waals surface area contributed by atoms with Gasteiger partial charge in [-0.25, -0.2) is 0 Å². The molecule has 5 heteroatoms. The van der Waals surface area contributed by atoms with Crippen LogP contribution in [0.5, 0.6) is 5.75 Å². The van der Waals surface area contributed by atoms with Gasteiger partial charge in [-0.1, -0.05) is 30.3 Å². The highest BCUT2D eigenvalue weighted by Crippen LogP contribution is 2.16. The third-order valence-corrected chi connectivity index (χ3v) is 3.50. The van der Waals surface area contributed by atoms with Crippen molar-refractivity contribution >= 4 is 5.78 Å². The third-order valence-electron chi connectivity index (χ3n) is 3.50. The molecular formula is C18H14N2O3. The molecule has 0 atom stereocenters. The SMILES string of the molecule is COc1ccc(C(=O)c2n[nH]cc(-c3ccccc3)c2=O)cc1. The number of carbonyl (C=O) groups is 1. The minimum Gasteiger partial charge on any atom is -0.497 e. The lowest BCUT2D eigenvalue weighted by atomic mass is 10.0. The number of hydrogen-bond donors (Lipinski definition) is 1. The van der Waals surface area contributed by atoms with Crippen molar-refractivity contribution in [3.63, 3.8) is 0 Å². The molecule has 0 aliphatic rings. The van der Waals surface area contributed by atoms with E-state index in [0.717, 1.165) is 5.56 Å². The predicted octanol–water partition coefficient (Wildman–Crippen LogP) is 2.68. The highest BCUT2D eigenvalue weighted by atomic mass is 16.5. The molecule has 1 aromatic heterocycles. The molecule has 0 bridgehead atoms. The largest absolute Gasteiger partial charge is 0.497 e. The number of rotatable bonds is 4. The summed E-state index contributed by atoms with van der Waals surface area (Å²) >= 11 is 0. The third kappa shape index (κ3) is 2.89. The number of nitrogens with one attached hydrogen (secondary N) is 1. The molecule has 0 fully saturated rings. The Kier molecular flexibility index (Phi) is 4.01. The van der Waals surface area contributed by atoms with E-state index in [1.54, 1.807) is 31.4 Å². The summed E-state index contributed by atoms with van der Waals surface area (Å²) < 4.78 is 5.06. The Morgan fingerprint density at radius 3 is 2.39 bits per heavy atom. The maximum atomic E-state index is 12.6. The fourth-order valence-electron chi connectivity index (χ4n) is 2.27. The Bertz CT molecular complexity index is 884. The molecule has 0 saturated heterocycles. The second kappa shape index (κ2) is 6.27. The number of hydrogen-bond acceptors (Lipinski definition) is 4. The van der Waals surface area contributed by atoms with E-state index in [2.05, 4.69) is 10.2 Å². The maximum Gasteiger partial charge on any atom is 0.219 e. The van der Waals surface area contributed by atoms with Crippen LogP contribution >= 0.6 is 0 Å². The lowest BCUT2D eigenvalue weighted by Crippen LogP contribution is -2.20. The highest BCUT2D eigenvalue weighted by Gasteiger charge is 2.17. The van der Waals surface area contributed by atoms with Crippen molar-refractivity contribution in [2.24, 2.45) is 0 Å². The molecule has 1 heterocycles. The Morgan fingerprint density at radius 1 is 1.04 bits per heavy atom. The second-order valence-corrected chi connectivity index (χ2v) is 4.90. The van der Waals surface area contributed by atoms with Crippen LogP contribution in [0.25, 0.3) is 11.1 Å². The molecule has 0 aliphatic heterocycles. The number of ketones is 1. The zero-order chi connectivity index (χ0) is 16.2. The molecule has 2 aromatic carbocycles. The van der Waals surface area contributed by atoms with Gasteiger partial charge in [0, 0.05) is 17.3 Å². The van der Waals surface area contributed by atoms with Gasteiger partial charge in [-0.2, -0.15) is 5.10 Å². The van der Waals surface area contributed by atoms with Gasteiger partial charge >= 0.3 is 0 Å². The molecule has 0 saturated carbocycles. The van der Waals surface area contributed by atoms with Gasteiger partial charge in [0.2, 0.25) is 11.2 Å². The van der Waals surface area contributed by atoms with Crippen LogP contribution in [0.3, 0.4) is 0 Å². The minimum atomic E-state index is -0.424. The normalized spacial score (nSPS) is 10.3. The average molecular weight is 306 g/mol. The predicted molar refractivity (Wildman–Crippen MR) is 86.7 cm³/mol. The second-order valence-electron chi connectivity index (χ2n) is 4.90. The van der Waals surface area contributed by atoms with Crippen molar-refractivity contribution in [3.05, 3.63) is 82.3 Å².